The molecule has 0 spiro atoms. The minimum Gasteiger partial charge on any atom is -0.466 e. The molecule has 150 valence electrons. The lowest BCUT2D eigenvalue weighted by molar-refractivity contribution is -0.148. The van der Waals surface area contributed by atoms with E-state index < -0.39 is 0 Å². The van der Waals surface area contributed by atoms with Crippen molar-refractivity contribution >= 4 is 22.6 Å². The van der Waals surface area contributed by atoms with Crippen LogP contribution in [0.4, 0.5) is 5.82 Å². The van der Waals surface area contributed by atoms with Gasteiger partial charge in [-0.15, -0.1) is 10.2 Å². The first-order valence-corrected chi connectivity index (χ1v) is 10.3. The first-order chi connectivity index (χ1) is 14.2. The number of carbonyl (C=O) groups excluding carboxylic acids is 1. The topological polar surface area (TPSA) is 94.2 Å². The molecule has 3 heterocycles. The van der Waals surface area contributed by atoms with Gasteiger partial charge in [-0.1, -0.05) is 29.4 Å². The SMILES string of the molecule is CCOC(=O)C1CCN(c2nnc(-c3nc(C4CC4)no3)c3ccccc23)CC1. The highest BCUT2D eigenvalue weighted by Crippen LogP contribution is 2.39. The molecule has 29 heavy (non-hydrogen) atoms. The molecule has 1 aromatic carbocycles. The van der Waals surface area contributed by atoms with Crippen LogP contribution in [0.3, 0.4) is 0 Å². The van der Waals surface area contributed by atoms with Gasteiger partial charge in [0.25, 0.3) is 5.89 Å². The van der Waals surface area contributed by atoms with E-state index in [4.69, 9.17) is 9.26 Å². The van der Waals surface area contributed by atoms with Gasteiger partial charge in [0.05, 0.1) is 12.5 Å². The first-order valence-electron chi connectivity index (χ1n) is 10.3. The highest BCUT2D eigenvalue weighted by molar-refractivity contribution is 5.99. The molecule has 0 atom stereocenters. The van der Waals surface area contributed by atoms with E-state index in [2.05, 4.69) is 25.2 Å². The number of hydrogen-bond acceptors (Lipinski definition) is 8. The summed E-state index contributed by atoms with van der Waals surface area (Å²) in [5, 5.41) is 15.0. The molecule has 0 amide bonds. The minimum absolute atomic E-state index is 0.0380. The smallest absolute Gasteiger partial charge is 0.309 e. The Balaban J connectivity index is 1.43. The van der Waals surface area contributed by atoms with E-state index in [0.29, 0.717) is 24.1 Å². The highest BCUT2D eigenvalue weighted by Gasteiger charge is 2.31. The van der Waals surface area contributed by atoms with Crippen molar-refractivity contribution in [3.05, 3.63) is 30.1 Å². The molecule has 8 nitrogen and oxygen atoms in total. The van der Waals surface area contributed by atoms with Gasteiger partial charge >= 0.3 is 5.97 Å². The Morgan fingerprint density at radius 2 is 1.90 bits per heavy atom. The number of esters is 1. The lowest BCUT2D eigenvalue weighted by Crippen LogP contribution is -2.37. The van der Waals surface area contributed by atoms with Crippen molar-refractivity contribution in [1.82, 2.24) is 20.3 Å². The molecule has 3 aromatic rings. The van der Waals surface area contributed by atoms with Gasteiger partial charge in [0.15, 0.2) is 17.3 Å². The third kappa shape index (κ3) is 3.43. The quantitative estimate of drug-likeness (QED) is 0.609. The van der Waals surface area contributed by atoms with Gasteiger partial charge in [-0.05, 0) is 32.6 Å². The second-order valence-corrected chi connectivity index (χ2v) is 7.66. The fourth-order valence-corrected chi connectivity index (χ4v) is 3.91. The van der Waals surface area contributed by atoms with Gasteiger partial charge in [-0.3, -0.25) is 4.79 Å². The fourth-order valence-electron chi connectivity index (χ4n) is 3.91. The van der Waals surface area contributed by atoms with Crippen LogP contribution in [0.5, 0.6) is 0 Å². The molecule has 2 aliphatic rings. The number of nitrogens with zero attached hydrogens (tertiary/aromatic N) is 5. The molecule has 1 saturated heterocycles. The Morgan fingerprint density at radius 3 is 2.62 bits per heavy atom. The van der Waals surface area contributed by atoms with Crippen LogP contribution < -0.4 is 4.90 Å². The first kappa shape index (κ1) is 18.0. The molecule has 1 aliphatic heterocycles. The van der Waals surface area contributed by atoms with Gasteiger partial charge in [0.2, 0.25) is 0 Å². The Labute approximate surface area is 168 Å². The largest absolute Gasteiger partial charge is 0.466 e. The predicted octanol–water partition coefficient (Wildman–Crippen LogP) is 3.34. The number of hydrogen-bond donors (Lipinski definition) is 0. The lowest BCUT2D eigenvalue weighted by Gasteiger charge is -2.32. The van der Waals surface area contributed by atoms with E-state index in [1.165, 1.54) is 0 Å². The van der Waals surface area contributed by atoms with E-state index in [1.807, 2.05) is 31.2 Å². The number of piperidine rings is 1. The van der Waals surface area contributed by atoms with Gasteiger partial charge in [0.1, 0.15) is 0 Å². The average molecular weight is 393 g/mol. The molecule has 5 rings (SSSR count). The number of fused-ring (bicyclic) bond motifs is 1. The third-order valence-electron chi connectivity index (χ3n) is 5.67. The van der Waals surface area contributed by atoms with E-state index in [1.54, 1.807) is 0 Å². The van der Waals surface area contributed by atoms with E-state index in [0.717, 1.165) is 61.2 Å². The van der Waals surface area contributed by atoms with E-state index in [-0.39, 0.29) is 11.9 Å². The number of anilines is 1. The Hall–Kier alpha value is -3.03. The second kappa shape index (κ2) is 7.42. The molecule has 0 bridgehead atoms. The maximum atomic E-state index is 12.0. The van der Waals surface area contributed by atoms with Crippen molar-refractivity contribution in [3.63, 3.8) is 0 Å². The molecule has 1 aliphatic carbocycles. The molecular formula is C21H23N5O3. The molecule has 0 N–H and O–H groups in total. The van der Waals surface area contributed by atoms with Gasteiger partial charge in [-0.25, -0.2) is 0 Å². The second-order valence-electron chi connectivity index (χ2n) is 7.66. The van der Waals surface area contributed by atoms with E-state index in [9.17, 15) is 4.79 Å². The highest BCUT2D eigenvalue weighted by atomic mass is 16.5. The molecule has 0 unspecified atom stereocenters. The number of rotatable bonds is 5. The van der Waals surface area contributed by atoms with Crippen LogP contribution in [-0.4, -0.2) is 46.0 Å². The van der Waals surface area contributed by atoms with Gasteiger partial charge in [-0.2, -0.15) is 4.98 Å². The maximum absolute atomic E-state index is 12.0. The standard InChI is InChI=1S/C21H23N5O3/c1-2-28-21(27)14-9-11-26(12-10-14)19-16-6-4-3-5-15(16)17(23-24-19)20-22-18(25-29-20)13-7-8-13/h3-6,13-14H,2,7-12H2,1H3. The lowest BCUT2D eigenvalue weighted by atomic mass is 9.96. The van der Waals surface area contributed by atoms with Crippen LogP contribution in [0.15, 0.2) is 28.8 Å². The summed E-state index contributed by atoms with van der Waals surface area (Å²) in [6, 6.07) is 8.02. The Morgan fingerprint density at radius 1 is 1.14 bits per heavy atom. The zero-order valence-corrected chi connectivity index (χ0v) is 16.4. The van der Waals surface area contributed by atoms with Crippen LogP contribution in [0.1, 0.15) is 44.3 Å². The summed E-state index contributed by atoms with van der Waals surface area (Å²) >= 11 is 0. The summed E-state index contributed by atoms with van der Waals surface area (Å²) in [7, 11) is 0. The zero-order valence-electron chi connectivity index (χ0n) is 16.4. The monoisotopic (exact) mass is 393 g/mol. The van der Waals surface area contributed by atoms with Crippen LogP contribution in [0, 0.1) is 5.92 Å². The van der Waals surface area contributed by atoms with Crippen molar-refractivity contribution in [2.75, 3.05) is 24.6 Å². The predicted molar refractivity (Wildman–Crippen MR) is 106 cm³/mol. The van der Waals surface area contributed by atoms with Crippen molar-refractivity contribution in [2.24, 2.45) is 5.92 Å². The van der Waals surface area contributed by atoms with E-state index >= 15 is 0 Å². The summed E-state index contributed by atoms with van der Waals surface area (Å²) in [5.41, 5.74) is 0.616. The number of aromatic nitrogens is 4. The van der Waals surface area contributed by atoms with Crippen LogP contribution in [-0.2, 0) is 9.53 Å². The molecular weight excluding hydrogens is 370 g/mol. The average Bonchev–Trinajstić information content (AvgIpc) is 3.50. The van der Waals surface area contributed by atoms with Crippen molar-refractivity contribution < 1.29 is 14.1 Å². The van der Waals surface area contributed by atoms with Crippen molar-refractivity contribution in [1.29, 1.82) is 0 Å². The molecule has 1 saturated carbocycles. The molecule has 8 heteroatoms. The zero-order chi connectivity index (χ0) is 19.8. The third-order valence-corrected chi connectivity index (χ3v) is 5.67. The van der Waals surface area contributed by atoms with Crippen molar-refractivity contribution in [2.45, 2.75) is 38.5 Å². The van der Waals surface area contributed by atoms with Crippen LogP contribution in [0.2, 0.25) is 0 Å². The van der Waals surface area contributed by atoms with Gasteiger partial charge in [0, 0.05) is 29.8 Å². The molecule has 2 aromatic heterocycles. The maximum Gasteiger partial charge on any atom is 0.309 e. The molecule has 2 fully saturated rings. The summed E-state index contributed by atoms with van der Waals surface area (Å²) in [6.45, 7) is 3.75. The number of ether oxygens (including phenoxy) is 1. The van der Waals surface area contributed by atoms with Gasteiger partial charge < -0.3 is 14.2 Å². The van der Waals surface area contributed by atoms with Crippen LogP contribution in [0.25, 0.3) is 22.4 Å². The molecule has 0 radical (unpaired) electrons. The summed E-state index contributed by atoms with van der Waals surface area (Å²) in [5.74, 6) is 2.30. The summed E-state index contributed by atoms with van der Waals surface area (Å²) < 4.78 is 10.7. The number of carbonyl (C=O) groups is 1. The Kier molecular flexibility index (Phi) is 4.61. The summed E-state index contributed by atoms with van der Waals surface area (Å²) in [6.07, 6.45) is 3.74. The fraction of sp³-hybridized carbons (Fsp3) is 0.476. The normalized spacial score (nSPS) is 17.6. The Bertz CT molecular complexity index is 1040. The van der Waals surface area contributed by atoms with Crippen molar-refractivity contribution in [3.8, 4) is 11.6 Å². The summed E-state index contributed by atoms with van der Waals surface area (Å²) in [4.78, 5) is 18.7. The van der Waals surface area contributed by atoms with Crippen LogP contribution >= 0.6 is 0 Å². The minimum atomic E-state index is -0.0960. The number of benzene rings is 1.